The van der Waals surface area contributed by atoms with Crippen LogP contribution in [-0.4, -0.2) is 7.05 Å². The number of nitrogens with zero attached hydrogens (tertiary/aromatic N) is 1. The van der Waals surface area contributed by atoms with Gasteiger partial charge in [0.25, 0.3) is 0 Å². The fourth-order valence-electron chi connectivity index (χ4n) is 1.89. The van der Waals surface area contributed by atoms with E-state index in [-0.39, 0.29) is 12.4 Å². The van der Waals surface area contributed by atoms with E-state index in [1.165, 1.54) is 11.6 Å². The summed E-state index contributed by atoms with van der Waals surface area (Å²) in [6.07, 6.45) is 0. The standard InChI is InChI=1S/C13H14BrFN2S/c1-17(7-9-5-13(14)18-8-9)12-4-2-3-11(15)10(12)6-16/h2-5,8H,6-7,16H2,1H3. The number of hydrogen-bond acceptors (Lipinski definition) is 3. The molecule has 2 rings (SSSR count). The molecule has 0 unspecified atom stereocenters. The van der Waals surface area contributed by atoms with E-state index in [4.69, 9.17) is 5.73 Å². The van der Waals surface area contributed by atoms with Gasteiger partial charge in [-0.15, -0.1) is 11.3 Å². The SMILES string of the molecule is CN(Cc1csc(Br)c1)c1cccc(F)c1CN. The van der Waals surface area contributed by atoms with Crippen LogP contribution in [0.4, 0.5) is 10.1 Å². The van der Waals surface area contributed by atoms with E-state index in [1.54, 1.807) is 17.4 Å². The molecule has 0 atom stereocenters. The molecule has 0 aliphatic heterocycles. The number of nitrogens with two attached hydrogens (primary N) is 1. The van der Waals surface area contributed by atoms with Gasteiger partial charge in [-0.1, -0.05) is 6.07 Å². The average Bonchev–Trinajstić information content (AvgIpc) is 2.74. The van der Waals surface area contributed by atoms with Crippen LogP contribution in [0.1, 0.15) is 11.1 Å². The van der Waals surface area contributed by atoms with Crippen LogP contribution in [0, 0.1) is 5.82 Å². The third-order valence-corrected chi connectivity index (χ3v) is 4.30. The highest BCUT2D eigenvalue weighted by Gasteiger charge is 2.11. The second-order valence-electron chi connectivity index (χ2n) is 4.06. The second-order valence-corrected chi connectivity index (χ2v) is 6.35. The fourth-order valence-corrected chi connectivity index (χ4v) is 3.10. The maximum atomic E-state index is 13.6. The van der Waals surface area contributed by atoms with Crippen molar-refractivity contribution in [3.8, 4) is 0 Å². The molecule has 0 fully saturated rings. The first-order chi connectivity index (χ1) is 8.61. The maximum Gasteiger partial charge on any atom is 0.129 e. The summed E-state index contributed by atoms with van der Waals surface area (Å²) in [5.74, 6) is -0.242. The Hall–Kier alpha value is -0.910. The Labute approximate surface area is 118 Å². The molecule has 1 heterocycles. The fraction of sp³-hybridized carbons (Fsp3) is 0.231. The molecule has 2 nitrogen and oxygen atoms in total. The molecule has 2 N–H and O–H groups in total. The van der Waals surface area contributed by atoms with Gasteiger partial charge in [-0.05, 0) is 45.1 Å². The monoisotopic (exact) mass is 328 g/mol. The Morgan fingerprint density at radius 3 is 2.83 bits per heavy atom. The second kappa shape index (κ2) is 5.82. The van der Waals surface area contributed by atoms with Crippen LogP contribution in [0.25, 0.3) is 0 Å². The van der Waals surface area contributed by atoms with Crippen molar-refractivity contribution < 1.29 is 4.39 Å². The molecule has 1 aromatic carbocycles. The highest BCUT2D eigenvalue weighted by atomic mass is 79.9. The molecule has 0 spiro atoms. The van der Waals surface area contributed by atoms with E-state index in [9.17, 15) is 4.39 Å². The number of rotatable bonds is 4. The van der Waals surface area contributed by atoms with Crippen LogP contribution in [0.15, 0.2) is 33.4 Å². The van der Waals surface area contributed by atoms with Gasteiger partial charge in [0.2, 0.25) is 0 Å². The van der Waals surface area contributed by atoms with Crippen LogP contribution in [-0.2, 0) is 13.1 Å². The van der Waals surface area contributed by atoms with Crippen molar-refractivity contribution in [3.63, 3.8) is 0 Å². The molecule has 0 radical (unpaired) electrons. The summed E-state index contributed by atoms with van der Waals surface area (Å²) in [6.45, 7) is 0.943. The quantitative estimate of drug-likeness (QED) is 0.926. The number of anilines is 1. The minimum absolute atomic E-state index is 0.208. The van der Waals surface area contributed by atoms with E-state index in [1.807, 2.05) is 18.0 Å². The highest BCUT2D eigenvalue weighted by molar-refractivity contribution is 9.11. The summed E-state index contributed by atoms with van der Waals surface area (Å²) in [5, 5.41) is 2.09. The lowest BCUT2D eigenvalue weighted by Crippen LogP contribution is -2.19. The molecule has 0 bridgehead atoms. The molecule has 2 aromatic rings. The smallest absolute Gasteiger partial charge is 0.129 e. The van der Waals surface area contributed by atoms with Crippen molar-refractivity contribution in [2.75, 3.05) is 11.9 Å². The maximum absolute atomic E-state index is 13.6. The average molecular weight is 329 g/mol. The Morgan fingerprint density at radius 1 is 1.44 bits per heavy atom. The van der Waals surface area contributed by atoms with Crippen LogP contribution < -0.4 is 10.6 Å². The molecule has 96 valence electrons. The Balaban J connectivity index is 2.23. The summed E-state index contributed by atoms with van der Waals surface area (Å²) in [6, 6.07) is 7.12. The lowest BCUT2D eigenvalue weighted by atomic mass is 10.1. The van der Waals surface area contributed by atoms with Crippen molar-refractivity contribution in [2.45, 2.75) is 13.1 Å². The molecule has 1 aromatic heterocycles. The topological polar surface area (TPSA) is 29.3 Å². The van der Waals surface area contributed by atoms with Crippen molar-refractivity contribution in [2.24, 2.45) is 5.73 Å². The van der Waals surface area contributed by atoms with E-state index in [0.29, 0.717) is 5.56 Å². The van der Waals surface area contributed by atoms with Gasteiger partial charge in [0.1, 0.15) is 5.82 Å². The zero-order valence-corrected chi connectivity index (χ0v) is 12.4. The number of thiophene rings is 1. The first-order valence-electron chi connectivity index (χ1n) is 5.53. The molecule has 0 saturated heterocycles. The molecular weight excluding hydrogens is 315 g/mol. The van der Waals surface area contributed by atoms with Crippen molar-refractivity contribution >= 4 is 33.0 Å². The van der Waals surface area contributed by atoms with Gasteiger partial charge in [-0.25, -0.2) is 4.39 Å². The predicted molar refractivity (Wildman–Crippen MR) is 78.4 cm³/mol. The lowest BCUT2D eigenvalue weighted by molar-refractivity contribution is 0.609. The van der Waals surface area contributed by atoms with E-state index < -0.39 is 0 Å². The lowest BCUT2D eigenvalue weighted by Gasteiger charge is -2.22. The normalized spacial score (nSPS) is 10.7. The van der Waals surface area contributed by atoms with Crippen LogP contribution in [0.3, 0.4) is 0 Å². The zero-order valence-electron chi connectivity index (χ0n) is 9.99. The summed E-state index contributed by atoms with van der Waals surface area (Å²) in [7, 11) is 1.94. The predicted octanol–water partition coefficient (Wildman–Crippen LogP) is 3.74. The van der Waals surface area contributed by atoms with Gasteiger partial charge < -0.3 is 10.6 Å². The van der Waals surface area contributed by atoms with Gasteiger partial charge in [-0.3, -0.25) is 0 Å². The minimum atomic E-state index is -0.242. The summed E-state index contributed by atoms with van der Waals surface area (Å²) >= 11 is 5.08. The molecular formula is C13H14BrFN2S. The Bertz CT molecular complexity index is 542. The summed E-state index contributed by atoms with van der Waals surface area (Å²) < 4.78 is 14.7. The number of halogens is 2. The molecule has 18 heavy (non-hydrogen) atoms. The van der Waals surface area contributed by atoms with E-state index in [0.717, 1.165) is 16.0 Å². The van der Waals surface area contributed by atoms with Gasteiger partial charge in [0.05, 0.1) is 3.79 Å². The minimum Gasteiger partial charge on any atom is -0.370 e. The van der Waals surface area contributed by atoms with Gasteiger partial charge in [0.15, 0.2) is 0 Å². The number of hydrogen-bond donors (Lipinski definition) is 1. The first-order valence-corrected chi connectivity index (χ1v) is 7.20. The van der Waals surface area contributed by atoms with Gasteiger partial charge in [0, 0.05) is 31.4 Å². The Morgan fingerprint density at radius 2 is 2.22 bits per heavy atom. The molecule has 0 aliphatic rings. The zero-order chi connectivity index (χ0) is 13.1. The van der Waals surface area contributed by atoms with Crippen LogP contribution in [0.5, 0.6) is 0 Å². The van der Waals surface area contributed by atoms with Crippen molar-refractivity contribution in [1.82, 2.24) is 0 Å². The number of benzene rings is 1. The van der Waals surface area contributed by atoms with E-state index in [2.05, 4.69) is 27.4 Å². The van der Waals surface area contributed by atoms with E-state index >= 15 is 0 Å². The van der Waals surface area contributed by atoms with Crippen LogP contribution in [0.2, 0.25) is 0 Å². The highest BCUT2D eigenvalue weighted by Crippen LogP contribution is 2.26. The summed E-state index contributed by atoms with van der Waals surface area (Å²) in [5.41, 5.74) is 8.22. The summed E-state index contributed by atoms with van der Waals surface area (Å²) in [4.78, 5) is 2.01. The van der Waals surface area contributed by atoms with Crippen molar-refractivity contribution in [1.29, 1.82) is 0 Å². The van der Waals surface area contributed by atoms with Gasteiger partial charge in [-0.2, -0.15) is 0 Å². The molecule has 0 amide bonds. The molecule has 5 heteroatoms. The van der Waals surface area contributed by atoms with Crippen molar-refractivity contribution in [3.05, 3.63) is 50.4 Å². The molecule has 0 aliphatic carbocycles. The van der Waals surface area contributed by atoms with Gasteiger partial charge >= 0.3 is 0 Å². The third kappa shape index (κ3) is 2.91. The van der Waals surface area contributed by atoms with Crippen LogP contribution >= 0.6 is 27.3 Å². The molecule has 0 saturated carbocycles. The first kappa shape index (κ1) is 13.5. The largest absolute Gasteiger partial charge is 0.370 e. The third-order valence-electron chi connectivity index (χ3n) is 2.75. The Kier molecular flexibility index (Phi) is 4.37.